The van der Waals surface area contributed by atoms with Crippen LogP contribution in [0.15, 0.2) is 67.0 Å². The normalized spacial score (nSPS) is 12.2. The minimum atomic E-state index is -0.265. The standard InChI is InChI=1S/C20H18FN5/c1-2-16(17-5-3-4-11-22-17)24-20-13-18(14-6-8-15(21)9-7-14)25-19-10-12-23-26(19)20/h3-13,16,24H,2H2,1H3. The molecule has 0 saturated heterocycles. The maximum absolute atomic E-state index is 13.2. The van der Waals surface area contributed by atoms with Crippen molar-refractivity contribution in [2.75, 3.05) is 5.32 Å². The van der Waals surface area contributed by atoms with Gasteiger partial charge in [0.15, 0.2) is 5.65 Å². The van der Waals surface area contributed by atoms with E-state index < -0.39 is 0 Å². The fourth-order valence-corrected chi connectivity index (χ4v) is 2.93. The largest absolute Gasteiger partial charge is 0.362 e. The number of pyridine rings is 1. The van der Waals surface area contributed by atoms with Gasteiger partial charge in [-0.1, -0.05) is 13.0 Å². The molecule has 0 amide bonds. The van der Waals surface area contributed by atoms with E-state index in [0.29, 0.717) is 0 Å². The molecule has 0 saturated carbocycles. The number of nitrogens with zero attached hydrogens (tertiary/aromatic N) is 4. The zero-order chi connectivity index (χ0) is 17.9. The van der Waals surface area contributed by atoms with Crippen molar-refractivity contribution in [2.24, 2.45) is 0 Å². The molecule has 5 nitrogen and oxygen atoms in total. The van der Waals surface area contributed by atoms with Gasteiger partial charge in [0, 0.05) is 23.9 Å². The number of halogens is 1. The molecule has 1 unspecified atom stereocenters. The van der Waals surface area contributed by atoms with Crippen LogP contribution in [-0.2, 0) is 0 Å². The second-order valence-corrected chi connectivity index (χ2v) is 5.99. The fourth-order valence-electron chi connectivity index (χ4n) is 2.93. The first kappa shape index (κ1) is 16.2. The van der Waals surface area contributed by atoms with E-state index in [0.717, 1.165) is 34.8 Å². The van der Waals surface area contributed by atoms with E-state index >= 15 is 0 Å². The lowest BCUT2D eigenvalue weighted by atomic mass is 10.1. The van der Waals surface area contributed by atoms with Crippen LogP contribution in [0, 0.1) is 5.82 Å². The average Bonchev–Trinajstić information content (AvgIpc) is 3.16. The maximum atomic E-state index is 13.2. The quantitative estimate of drug-likeness (QED) is 0.578. The number of anilines is 1. The van der Waals surface area contributed by atoms with Gasteiger partial charge in [-0.25, -0.2) is 9.37 Å². The number of hydrogen-bond acceptors (Lipinski definition) is 4. The van der Waals surface area contributed by atoms with Crippen LogP contribution in [0.4, 0.5) is 10.2 Å². The molecule has 1 aromatic carbocycles. The molecular formula is C20H18FN5. The van der Waals surface area contributed by atoms with Crippen molar-refractivity contribution in [2.45, 2.75) is 19.4 Å². The number of benzene rings is 1. The maximum Gasteiger partial charge on any atom is 0.157 e. The first-order chi connectivity index (χ1) is 12.7. The summed E-state index contributed by atoms with van der Waals surface area (Å²) < 4.78 is 15.0. The molecule has 1 N–H and O–H groups in total. The van der Waals surface area contributed by atoms with Crippen molar-refractivity contribution in [1.29, 1.82) is 0 Å². The van der Waals surface area contributed by atoms with Crippen molar-refractivity contribution in [1.82, 2.24) is 19.6 Å². The Hall–Kier alpha value is -3.28. The third kappa shape index (κ3) is 3.13. The zero-order valence-corrected chi connectivity index (χ0v) is 14.3. The Morgan fingerprint density at radius 2 is 1.92 bits per heavy atom. The number of rotatable bonds is 5. The van der Waals surface area contributed by atoms with Gasteiger partial charge < -0.3 is 5.32 Å². The molecule has 4 rings (SSSR count). The molecule has 4 aromatic rings. The SMILES string of the molecule is CCC(Nc1cc(-c2ccc(F)cc2)nc2ccnn12)c1ccccn1. The Kier molecular flexibility index (Phi) is 4.31. The average molecular weight is 347 g/mol. The van der Waals surface area contributed by atoms with E-state index in [1.54, 1.807) is 29.0 Å². The van der Waals surface area contributed by atoms with Crippen LogP contribution in [0.2, 0.25) is 0 Å². The van der Waals surface area contributed by atoms with Crippen LogP contribution >= 0.6 is 0 Å². The molecular weight excluding hydrogens is 329 g/mol. The highest BCUT2D eigenvalue weighted by atomic mass is 19.1. The molecule has 0 spiro atoms. The molecule has 26 heavy (non-hydrogen) atoms. The summed E-state index contributed by atoms with van der Waals surface area (Å²) in [5.74, 6) is 0.551. The van der Waals surface area contributed by atoms with E-state index in [1.807, 2.05) is 30.3 Å². The van der Waals surface area contributed by atoms with Crippen molar-refractivity contribution in [3.63, 3.8) is 0 Å². The summed E-state index contributed by atoms with van der Waals surface area (Å²) in [6.45, 7) is 2.11. The first-order valence-electron chi connectivity index (χ1n) is 8.53. The molecule has 1 atom stereocenters. The van der Waals surface area contributed by atoms with Crippen LogP contribution in [0.25, 0.3) is 16.9 Å². The number of aromatic nitrogens is 4. The Bertz CT molecular complexity index is 1010. The Morgan fingerprint density at radius 3 is 2.65 bits per heavy atom. The van der Waals surface area contributed by atoms with Gasteiger partial charge in [-0.05, 0) is 42.8 Å². The van der Waals surface area contributed by atoms with Crippen LogP contribution in [0.3, 0.4) is 0 Å². The molecule has 0 aliphatic rings. The van der Waals surface area contributed by atoms with E-state index in [9.17, 15) is 4.39 Å². The van der Waals surface area contributed by atoms with Crippen molar-refractivity contribution >= 4 is 11.5 Å². The predicted octanol–water partition coefficient (Wildman–Crippen LogP) is 4.49. The van der Waals surface area contributed by atoms with Crippen LogP contribution in [0.1, 0.15) is 25.1 Å². The minimum Gasteiger partial charge on any atom is -0.362 e. The van der Waals surface area contributed by atoms with Gasteiger partial charge in [0.1, 0.15) is 11.6 Å². The highest BCUT2D eigenvalue weighted by Gasteiger charge is 2.14. The molecule has 0 aliphatic heterocycles. The van der Waals surface area contributed by atoms with Gasteiger partial charge in [0.2, 0.25) is 0 Å². The molecule has 3 heterocycles. The minimum absolute atomic E-state index is 0.0482. The van der Waals surface area contributed by atoms with Crippen molar-refractivity contribution in [3.05, 3.63) is 78.5 Å². The number of nitrogens with one attached hydrogen (secondary N) is 1. The van der Waals surface area contributed by atoms with Gasteiger partial charge in [0.05, 0.1) is 23.6 Å². The summed E-state index contributed by atoms with van der Waals surface area (Å²) in [6.07, 6.45) is 4.37. The lowest BCUT2D eigenvalue weighted by Gasteiger charge is -2.19. The number of fused-ring (bicyclic) bond motifs is 1. The van der Waals surface area contributed by atoms with E-state index in [4.69, 9.17) is 0 Å². The second-order valence-electron chi connectivity index (χ2n) is 5.99. The summed E-state index contributed by atoms with van der Waals surface area (Å²) in [5, 5.41) is 7.88. The van der Waals surface area contributed by atoms with E-state index in [2.05, 4.69) is 27.3 Å². The highest BCUT2D eigenvalue weighted by molar-refractivity contribution is 5.66. The molecule has 130 valence electrons. The lowest BCUT2D eigenvalue weighted by molar-refractivity contribution is 0.628. The molecule has 0 bridgehead atoms. The molecule has 0 fully saturated rings. The van der Waals surface area contributed by atoms with Crippen molar-refractivity contribution in [3.8, 4) is 11.3 Å². The van der Waals surface area contributed by atoms with Gasteiger partial charge in [-0.3, -0.25) is 4.98 Å². The predicted molar refractivity (Wildman–Crippen MR) is 99.3 cm³/mol. The third-order valence-corrected chi connectivity index (χ3v) is 4.27. The summed E-state index contributed by atoms with van der Waals surface area (Å²) >= 11 is 0. The van der Waals surface area contributed by atoms with Crippen LogP contribution < -0.4 is 5.32 Å². The zero-order valence-electron chi connectivity index (χ0n) is 14.3. The van der Waals surface area contributed by atoms with Gasteiger partial charge >= 0.3 is 0 Å². The Labute approximate surface area is 150 Å². The topological polar surface area (TPSA) is 55.1 Å². The Morgan fingerprint density at radius 1 is 1.08 bits per heavy atom. The summed E-state index contributed by atoms with van der Waals surface area (Å²) in [4.78, 5) is 9.08. The Balaban J connectivity index is 1.76. The van der Waals surface area contributed by atoms with Crippen LogP contribution in [-0.4, -0.2) is 19.6 Å². The highest BCUT2D eigenvalue weighted by Crippen LogP contribution is 2.26. The molecule has 0 aliphatic carbocycles. The monoisotopic (exact) mass is 347 g/mol. The van der Waals surface area contributed by atoms with Crippen LogP contribution in [0.5, 0.6) is 0 Å². The molecule has 3 aromatic heterocycles. The summed E-state index contributed by atoms with van der Waals surface area (Å²) in [6, 6.07) is 16.0. The smallest absolute Gasteiger partial charge is 0.157 e. The van der Waals surface area contributed by atoms with Gasteiger partial charge in [0.25, 0.3) is 0 Å². The summed E-state index contributed by atoms with van der Waals surface area (Å²) in [5.41, 5.74) is 3.31. The third-order valence-electron chi connectivity index (χ3n) is 4.27. The fraction of sp³-hybridized carbons (Fsp3) is 0.150. The summed E-state index contributed by atoms with van der Waals surface area (Å²) in [7, 11) is 0. The molecule has 0 radical (unpaired) electrons. The second kappa shape index (κ2) is 6.92. The first-order valence-corrected chi connectivity index (χ1v) is 8.53. The van der Waals surface area contributed by atoms with Gasteiger partial charge in [-0.2, -0.15) is 9.61 Å². The van der Waals surface area contributed by atoms with Crippen molar-refractivity contribution < 1.29 is 4.39 Å². The molecule has 6 heteroatoms. The van der Waals surface area contributed by atoms with E-state index in [-0.39, 0.29) is 11.9 Å². The van der Waals surface area contributed by atoms with E-state index in [1.165, 1.54) is 12.1 Å². The van der Waals surface area contributed by atoms with Gasteiger partial charge in [-0.15, -0.1) is 0 Å². The lowest BCUT2D eigenvalue weighted by Crippen LogP contribution is -2.14. The number of hydrogen-bond donors (Lipinski definition) is 1.